The Hall–Kier alpha value is -3.15. The van der Waals surface area contributed by atoms with Gasteiger partial charge in [-0.05, 0) is 76.0 Å². The highest BCUT2D eigenvalue weighted by molar-refractivity contribution is 8.13. The summed E-state index contributed by atoms with van der Waals surface area (Å²) in [6.07, 6.45) is 5.09. The van der Waals surface area contributed by atoms with Gasteiger partial charge in [-0.15, -0.1) is 0 Å². The van der Waals surface area contributed by atoms with Gasteiger partial charge in [-0.25, -0.2) is 23.6 Å². The van der Waals surface area contributed by atoms with E-state index in [-0.39, 0.29) is 36.2 Å². The van der Waals surface area contributed by atoms with E-state index in [1.54, 1.807) is 28.0 Å². The second-order valence-corrected chi connectivity index (χ2v) is 13.2. The number of aromatic nitrogens is 1. The van der Waals surface area contributed by atoms with Gasteiger partial charge in [0.1, 0.15) is 22.5 Å². The second-order valence-electron chi connectivity index (χ2n) is 12.4. The van der Waals surface area contributed by atoms with Crippen molar-refractivity contribution in [3.8, 4) is 0 Å². The van der Waals surface area contributed by atoms with E-state index < -0.39 is 5.92 Å². The van der Waals surface area contributed by atoms with Crippen molar-refractivity contribution < 1.29 is 18.4 Å². The van der Waals surface area contributed by atoms with Gasteiger partial charge in [0.15, 0.2) is 0 Å². The van der Waals surface area contributed by atoms with Crippen LogP contribution in [0.4, 0.5) is 25.2 Å². The van der Waals surface area contributed by atoms with Crippen molar-refractivity contribution in [2.45, 2.75) is 70.3 Å². The number of carbonyl (C=O) groups is 2. The molecule has 5 rings (SSSR count). The van der Waals surface area contributed by atoms with Crippen LogP contribution in [0.1, 0.15) is 69.2 Å². The zero-order valence-corrected chi connectivity index (χ0v) is 25.3. The molecule has 42 heavy (non-hydrogen) atoms. The van der Waals surface area contributed by atoms with E-state index in [0.29, 0.717) is 66.5 Å². The fraction of sp³-hybridized carbons (Fsp3) is 0.600. The van der Waals surface area contributed by atoms with Crippen LogP contribution in [0.15, 0.2) is 42.2 Å². The van der Waals surface area contributed by atoms with Crippen molar-refractivity contribution in [2.24, 2.45) is 16.8 Å². The minimum atomic E-state index is -2.59. The minimum absolute atomic E-state index is 0.0790. The van der Waals surface area contributed by atoms with E-state index in [2.05, 4.69) is 46.9 Å². The van der Waals surface area contributed by atoms with Crippen LogP contribution in [0.5, 0.6) is 0 Å². The largest absolute Gasteiger partial charge is 0.371 e. The summed E-state index contributed by atoms with van der Waals surface area (Å²) in [6, 6.07) is 3.28. The van der Waals surface area contributed by atoms with E-state index >= 15 is 0 Å². The van der Waals surface area contributed by atoms with Gasteiger partial charge in [0.25, 0.3) is 5.91 Å². The maximum atomic E-state index is 13.6. The predicted molar refractivity (Wildman–Crippen MR) is 164 cm³/mol. The number of nitrogens with one attached hydrogen (secondary N) is 2. The van der Waals surface area contributed by atoms with Gasteiger partial charge in [0, 0.05) is 63.1 Å². The Morgan fingerprint density at radius 3 is 2.67 bits per heavy atom. The van der Waals surface area contributed by atoms with Crippen LogP contribution in [-0.2, 0) is 0 Å². The number of amides is 3. The van der Waals surface area contributed by atoms with Crippen LogP contribution in [-0.4, -0.2) is 71.1 Å². The number of nitrogens with zero attached hydrogens (tertiary/aromatic N) is 5. The SMILES string of the molecule is C=C/C1=N\C(=C)NCCCC2CN(c3nc(N4CCN(CC5CCC(F)(F)CC5)C4=O)ccc3C(=O)NS1)C(C)(C)C2. The highest BCUT2D eigenvalue weighted by Gasteiger charge is 2.42. The third-order valence-electron chi connectivity index (χ3n) is 8.79. The Balaban J connectivity index is 1.40. The van der Waals surface area contributed by atoms with Gasteiger partial charge < -0.3 is 15.1 Å². The molecule has 2 bridgehead atoms. The first-order valence-electron chi connectivity index (χ1n) is 14.8. The standard InChI is InChI=1S/C30H41F2N7O2S/c1-5-25-34-20(2)33-14-6-7-22-17-29(3,4)39(19-22)26-23(27(40)36-42-25)8-9-24(35-26)38-16-15-37(28(38)41)18-21-10-12-30(31,32)13-11-21/h5,8-9,21-22,33H,1-2,6-7,10-19H2,3-4H3,(H,36,40)/b34-25+. The summed E-state index contributed by atoms with van der Waals surface area (Å²) in [5.41, 5.74) is 0.173. The molecule has 4 heterocycles. The van der Waals surface area contributed by atoms with Crippen LogP contribution in [0.3, 0.4) is 0 Å². The first-order valence-corrected chi connectivity index (χ1v) is 15.6. The summed E-state index contributed by atoms with van der Waals surface area (Å²) >= 11 is 1.06. The molecule has 1 aliphatic carbocycles. The van der Waals surface area contributed by atoms with Gasteiger partial charge in [-0.1, -0.05) is 13.2 Å². The first kappa shape index (κ1) is 30.3. The minimum Gasteiger partial charge on any atom is -0.371 e. The Morgan fingerprint density at radius 1 is 1.17 bits per heavy atom. The summed E-state index contributed by atoms with van der Waals surface area (Å²) in [5.74, 6) is -0.859. The molecule has 0 radical (unpaired) electrons. The number of fused-ring (bicyclic) bond motifs is 4. The van der Waals surface area contributed by atoms with Crippen LogP contribution in [0.25, 0.3) is 0 Å². The van der Waals surface area contributed by atoms with Crippen molar-refractivity contribution in [3.05, 3.63) is 42.8 Å². The third-order valence-corrected chi connectivity index (χ3v) is 9.55. The number of carbonyl (C=O) groups excluding carboxylic acids is 2. The number of hydrogen-bond donors (Lipinski definition) is 2. The monoisotopic (exact) mass is 601 g/mol. The molecule has 0 spiro atoms. The van der Waals surface area contributed by atoms with E-state index in [9.17, 15) is 18.4 Å². The molecule has 12 heteroatoms. The molecule has 4 aliphatic rings. The third kappa shape index (κ3) is 6.74. The number of urea groups is 1. The smallest absolute Gasteiger partial charge is 0.325 e. The molecule has 1 aromatic heterocycles. The highest BCUT2D eigenvalue weighted by Crippen LogP contribution is 2.41. The maximum absolute atomic E-state index is 13.6. The van der Waals surface area contributed by atoms with Crippen LogP contribution >= 0.6 is 11.9 Å². The molecule has 0 aromatic carbocycles. The van der Waals surface area contributed by atoms with E-state index in [0.717, 1.165) is 44.3 Å². The summed E-state index contributed by atoms with van der Waals surface area (Å²) in [4.78, 5) is 42.0. The van der Waals surface area contributed by atoms with Gasteiger partial charge >= 0.3 is 6.03 Å². The number of hydrogen-bond acceptors (Lipinski definition) is 7. The fourth-order valence-electron chi connectivity index (χ4n) is 6.54. The predicted octanol–water partition coefficient (Wildman–Crippen LogP) is 5.57. The number of pyridine rings is 1. The molecule has 1 atom stereocenters. The molecule has 1 unspecified atom stereocenters. The molecule has 2 saturated heterocycles. The molecule has 1 aromatic rings. The van der Waals surface area contributed by atoms with Crippen LogP contribution in [0.2, 0.25) is 0 Å². The molecule has 228 valence electrons. The Labute approximate surface area is 251 Å². The molecule has 9 nitrogen and oxygen atoms in total. The van der Waals surface area contributed by atoms with Crippen molar-refractivity contribution in [3.63, 3.8) is 0 Å². The molecule has 2 N–H and O–H groups in total. The quantitative estimate of drug-likeness (QED) is 0.439. The summed E-state index contributed by atoms with van der Waals surface area (Å²) in [6.45, 7) is 15.0. The Kier molecular flexibility index (Phi) is 8.82. The molecule has 3 aliphatic heterocycles. The molecular formula is C30H41F2N7O2S. The van der Waals surface area contributed by atoms with E-state index in [1.165, 1.54) is 0 Å². The number of rotatable bonds is 4. The number of alkyl halides is 2. The highest BCUT2D eigenvalue weighted by atomic mass is 32.2. The lowest BCUT2D eigenvalue weighted by Crippen LogP contribution is -2.41. The molecule has 1 saturated carbocycles. The summed E-state index contributed by atoms with van der Waals surface area (Å²) in [5, 5.41) is 3.75. The van der Waals surface area contributed by atoms with E-state index in [1.807, 2.05) is 0 Å². The van der Waals surface area contributed by atoms with Crippen molar-refractivity contribution in [2.75, 3.05) is 42.5 Å². The van der Waals surface area contributed by atoms with Gasteiger partial charge in [0.05, 0.1) is 5.56 Å². The summed E-state index contributed by atoms with van der Waals surface area (Å²) < 4.78 is 30.2. The first-order chi connectivity index (χ1) is 20.0. The normalized spacial score (nSPS) is 26.5. The maximum Gasteiger partial charge on any atom is 0.325 e. The lowest BCUT2D eigenvalue weighted by atomic mass is 9.86. The van der Waals surface area contributed by atoms with Crippen molar-refractivity contribution in [1.29, 1.82) is 0 Å². The van der Waals surface area contributed by atoms with Crippen molar-refractivity contribution >= 4 is 40.6 Å². The van der Waals surface area contributed by atoms with Crippen molar-refractivity contribution in [1.82, 2.24) is 19.9 Å². The number of aliphatic imine (C=N–C) groups is 1. The van der Waals surface area contributed by atoms with Gasteiger partial charge in [-0.3, -0.25) is 14.4 Å². The zero-order chi connectivity index (χ0) is 30.1. The lowest BCUT2D eigenvalue weighted by molar-refractivity contribution is -0.0473. The number of halogens is 2. The topological polar surface area (TPSA) is 93.2 Å². The van der Waals surface area contributed by atoms with Crippen LogP contribution < -0.4 is 19.8 Å². The van der Waals surface area contributed by atoms with Gasteiger partial charge in [0.2, 0.25) is 5.92 Å². The number of anilines is 2. The lowest BCUT2D eigenvalue weighted by Gasteiger charge is -2.34. The Morgan fingerprint density at radius 2 is 1.93 bits per heavy atom. The van der Waals surface area contributed by atoms with Crippen LogP contribution in [0, 0.1) is 11.8 Å². The Bertz CT molecular complexity index is 1260. The van der Waals surface area contributed by atoms with Gasteiger partial charge in [-0.2, -0.15) is 0 Å². The molecular weight excluding hydrogens is 560 g/mol. The zero-order valence-electron chi connectivity index (χ0n) is 24.5. The average molecular weight is 602 g/mol. The fourth-order valence-corrected chi connectivity index (χ4v) is 7.09. The average Bonchev–Trinajstić information content (AvgIpc) is 3.46. The summed E-state index contributed by atoms with van der Waals surface area (Å²) in [7, 11) is 0. The second kappa shape index (κ2) is 12.2. The molecule has 3 fully saturated rings. The van der Waals surface area contributed by atoms with E-state index in [4.69, 9.17) is 4.98 Å². The molecule has 3 amide bonds.